The van der Waals surface area contributed by atoms with Crippen molar-refractivity contribution >= 4 is 16.8 Å². The van der Waals surface area contributed by atoms with Crippen molar-refractivity contribution in [1.82, 2.24) is 9.47 Å². The predicted molar refractivity (Wildman–Crippen MR) is 146 cm³/mol. The maximum Gasteiger partial charge on any atom is 0.255 e. The number of ether oxygens (including phenoxy) is 2. The van der Waals surface area contributed by atoms with Crippen molar-refractivity contribution in [1.29, 1.82) is 0 Å². The molecule has 0 unspecified atom stereocenters. The van der Waals surface area contributed by atoms with Crippen molar-refractivity contribution in [3.05, 3.63) is 106 Å². The molecule has 1 aromatic heterocycles. The normalized spacial score (nSPS) is 12.1. The molecule has 0 aliphatic carbocycles. The summed E-state index contributed by atoms with van der Waals surface area (Å²) in [5.41, 5.74) is 7.49. The fourth-order valence-corrected chi connectivity index (χ4v) is 4.29. The highest BCUT2D eigenvalue weighted by molar-refractivity contribution is 5.81. The topological polar surface area (TPSA) is 86.8 Å². The van der Waals surface area contributed by atoms with Crippen LogP contribution in [-0.2, 0) is 29.2 Å². The number of pyridine rings is 1. The molecule has 0 aliphatic rings. The summed E-state index contributed by atoms with van der Waals surface area (Å²) in [6.07, 6.45) is 0. The molecule has 1 amide bonds. The van der Waals surface area contributed by atoms with E-state index in [0.29, 0.717) is 43.4 Å². The maximum atomic E-state index is 13.7. The molecule has 0 saturated heterocycles. The van der Waals surface area contributed by atoms with E-state index in [4.69, 9.17) is 15.2 Å². The van der Waals surface area contributed by atoms with Crippen molar-refractivity contribution in [2.45, 2.75) is 39.5 Å². The van der Waals surface area contributed by atoms with Crippen LogP contribution in [0.3, 0.4) is 0 Å². The van der Waals surface area contributed by atoms with E-state index >= 15 is 0 Å². The monoisotopic (exact) mass is 517 g/mol. The fourth-order valence-electron chi connectivity index (χ4n) is 4.29. The first-order chi connectivity index (χ1) is 18.4. The molecular formula is C30H32FN3O4. The number of fused-ring (bicyclic) bond motifs is 1. The van der Waals surface area contributed by atoms with Gasteiger partial charge in [-0.05, 0) is 67.3 Å². The molecule has 0 aliphatic heterocycles. The first-order valence-corrected chi connectivity index (χ1v) is 12.6. The molecule has 3 aromatic carbocycles. The van der Waals surface area contributed by atoms with Crippen LogP contribution in [0.5, 0.6) is 11.5 Å². The Bertz CT molecular complexity index is 1440. The molecule has 0 bridgehead atoms. The van der Waals surface area contributed by atoms with Gasteiger partial charge in [-0.3, -0.25) is 14.5 Å². The zero-order valence-electron chi connectivity index (χ0n) is 21.6. The van der Waals surface area contributed by atoms with Crippen LogP contribution in [0.1, 0.15) is 25.0 Å². The summed E-state index contributed by atoms with van der Waals surface area (Å²) >= 11 is 0. The third-order valence-electron chi connectivity index (χ3n) is 6.42. The van der Waals surface area contributed by atoms with Crippen molar-refractivity contribution in [3.63, 3.8) is 0 Å². The smallest absolute Gasteiger partial charge is 0.255 e. The Kier molecular flexibility index (Phi) is 8.89. The van der Waals surface area contributed by atoms with Gasteiger partial charge in [-0.15, -0.1) is 0 Å². The zero-order chi connectivity index (χ0) is 27.1. The maximum absolute atomic E-state index is 13.7. The van der Waals surface area contributed by atoms with Crippen LogP contribution in [0.2, 0.25) is 0 Å². The van der Waals surface area contributed by atoms with E-state index in [1.807, 2.05) is 66.4 Å². The highest BCUT2D eigenvalue weighted by Crippen LogP contribution is 2.26. The van der Waals surface area contributed by atoms with Gasteiger partial charge in [-0.2, -0.15) is 0 Å². The summed E-state index contributed by atoms with van der Waals surface area (Å²) in [5.74, 6) is 0.461. The van der Waals surface area contributed by atoms with Crippen LogP contribution >= 0.6 is 0 Å². The number of carbonyl (C=O) groups excluding carboxylic acids is 1. The number of nitrogens with zero attached hydrogens (tertiary/aromatic N) is 2. The number of rotatable bonds is 12. The van der Waals surface area contributed by atoms with Gasteiger partial charge >= 0.3 is 0 Å². The minimum Gasteiger partial charge on any atom is -0.457 e. The summed E-state index contributed by atoms with van der Waals surface area (Å²) in [6, 6.07) is 22.3. The molecule has 1 heterocycles. The van der Waals surface area contributed by atoms with Gasteiger partial charge in [-0.25, -0.2) is 4.39 Å². The van der Waals surface area contributed by atoms with Crippen LogP contribution in [0.25, 0.3) is 10.9 Å². The summed E-state index contributed by atoms with van der Waals surface area (Å²) in [4.78, 5) is 27.7. The molecule has 4 rings (SSSR count). The number of amides is 1. The lowest BCUT2D eigenvalue weighted by Gasteiger charge is -2.27. The lowest BCUT2D eigenvalue weighted by molar-refractivity contribution is -0.123. The number of carbonyl (C=O) groups is 1. The molecule has 8 heteroatoms. The first kappa shape index (κ1) is 27.0. The minimum absolute atomic E-state index is 0.185. The second-order valence-electron chi connectivity index (χ2n) is 9.07. The van der Waals surface area contributed by atoms with Gasteiger partial charge in [0.25, 0.3) is 5.56 Å². The Balaban J connectivity index is 1.72. The average Bonchev–Trinajstić information content (AvgIpc) is 2.91. The summed E-state index contributed by atoms with van der Waals surface area (Å²) in [6.45, 7) is 5.38. The molecule has 198 valence electrons. The van der Waals surface area contributed by atoms with Crippen LogP contribution in [0.4, 0.5) is 4.39 Å². The van der Waals surface area contributed by atoms with Gasteiger partial charge in [0.05, 0.1) is 18.2 Å². The molecule has 0 spiro atoms. The van der Waals surface area contributed by atoms with Crippen LogP contribution in [0, 0.1) is 5.82 Å². The number of benzene rings is 3. The molecule has 2 N–H and O–H groups in total. The number of primary amides is 1. The largest absolute Gasteiger partial charge is 0.457 e. The van der Waals surface area contributed by atoms with E-state index in [9.17, 15) is 14.0 Å². The van der Waals surface area contributed by atoms with E-state index in [0.717, 1.165) is 16.5 Å². The number of para-hydroxylation sites is 1. The fraction of sp³-hybridized carbons (Fsp3) is 0.267. The lowest BCUT2D eigenvalue weighted by atomic mass is 10.1. The van der Waals surface area contributed by atoms with Gasteiger partial charge < -0.3 is 19.8 Å². The quantitative estimate of drug-likeness (QED) is 0.272. The van der Waals surface area contributed by atoms with Crippen molar-refractivity contribution in [2.24, 2.45) is 5.73 Å². The molecule has 4 aromatic rings. The van der Waals surface area contributed by atoms with E-state index in [-0.39, 0.29) is 17.9 Å². The third-order valence-corrected chi connectivity index (χ3v) is 6.42. The molecule has 7 nitrogen and oxygen atoms in total. The van der Waals surface area contributed by atoms with Crippen LogP contribution < -0.4 is 16.0 Å². The Morgan fingerprint density at radius 1 is 1.00 bits per heavy atom. The SMILES string of the molecule is CCOCCn1c(=O)c(CN(Cc2ccc(F)cc2)[C@@H](C)C(N)=O)cc2ccc(Oc3ccccc3)cc21. The van der Waals surface area contributed by atoms with Crippen LogP contribution in [0.15, 0.2) is 83.7 Å². The third kappa shape index (κ3) is 6.65. The van der Waals surface area contributed by atoms with Crippen molar-refractivity contribution in [3.8, 4) is 11.5 Å². The average molecular weight is 518 g/mol. The van der Waals surface area contributed by atoms with Gasteiger partial charge in [0.1, 0.15) is 17.3 Å². The highest BCUT2D eigenvalue weighted by atomic mass is 19.1. The molecule has 0 radical (unpaired) electrons. The van der Waals surface area contributed by atoms with E-state index in [1.165, 1.54) is 12.1 Å². The van der Waals surface area contributed by atoms with E-state index in [2.05, 4.69) is 0 Å². The molecule has 1 atom stereocenters. The lowest BCUT2D eigenvalue weighted by Crippen LogP contribution is -2.43. The van der Waals surface area contributed by atoms with Crippen molar-refractivity contribution in [2.75, 3.05) is 13.2 Å². The Morgan fingerprint density at radius 3 is 2.42 bits per heavy atom. The summed E-state index contributed by atoms with van der Waals surface area (Å²) < 4.78 is 26.7. The Labute approximate surface area is 221 Å². The van der Waals surface area contributed by atoms with Gasteiger partial charge in [0.15, 0.2) is 0 Å². The standard InChI is InChI=1S/C30H32FN3O4/c1-3-37-16-15-34-28-18-27(38-26-7-5-4-6-8-26)14-11-23(28)17-24(30(34)36)20-33(21(2)29(32)35)19-22-9-12-25(31)13-10-22/h4-14,17-18,21H,3,15-16,19-20H2,1-2H3,(H2,32,35)/t21-/m0/s1. The number of hydrogen-bond acceptors (Lipinski definition) is 5. The van der Waals surface area contributed by atoms with E-state index in [1.54, 1.807) is 23.6 Å². The number of aromatic nitrogens is 1. The summed E-state index contributed by atoms with van der Waals surface area (Å²) in [5, 5.41) is 0.852. The van der Waals surface area contributed by atoms with Gasteiger partial charge in [-0.1, -0.05) is 30.3 Å². The van der Waals surface area contributed by atoms with Crippen molar-refractivity contribution < 1.29 is 18.7 Å². The molecule has 0 fully saturated rings. The highest BCUT2D eigenvalue weighted by Gasteiger charge is 2.22. The zero-order valence-corrected chi connectivity index (χ0v) is 21.6. The number of halogens is 1. The van der Waals surface area contributed by atoms with E-state index < -0.39 is 11.9 Å². The second kappa shape index (κ2) is 12.5. The second-order valence-corrected chi connectivity index (χ2v) is 9.07. The minimum atomic E-state index is -0.645. The van der Waals surface area contributed by atoms with Crippen LogP contribution in [-0.4, -0.2) is 34.6 Å². The number of hydrogen-bond donors (Lipinski definition) is 1. The van der Waals surface area contributed by atoms with Gasteiger partial charge in [0.2, 0.25) is 5.91 Å². The van der Waals surface area contributed by atoms with Gasteiger partial charge in [0, 0.05) is 37.9 Å². The predicted octanol–water partition coefficient (Wildman–Crippen LogP) is 4.85. The molecule has 38 heavy (non-hydrogen) atoms. The number of nitrogens with two attached hydrogens (primary N) is 1. The molecular weight excluding hydrogens is 485 g/mol. The summed E-state index contributed by atoms with van der Waals surface area (Å²) in [7, 11) is 0. The molecule has 0 saturated carbocycles. The first-order valence-electron chi connectivity index (χ1n) is 12.6. The Morgan fingerprint density at radius 2 is 1.74 bits per heavy atom. The Hall–Kier alpha value is -4.01.